The quantitative estimate of drug-likeness (QED) is 0.483. The maximum Gasteiger partial charge on any atom is 0.341 e. The lowest BCUT2D eigenvalue weighted by atomic mass is 10.0. The number of anilines is 1. The van der Waals surface area contributed by atoms with Crippen LogP contribution in [0.3, 0.4) is 0 Å². The van der Waals surface area contributed by atoms with Crippen molar-refractivity contribution < 1.29 is 17.9 Å². The smallest absolute Gasteiger partial charge is 0.341 e. The van der Waals surface area contributed by atoms with Gasteiger partial charge in [-0.1, -0.05) is 35.3 Å². The molecule has 0 spiro atoms. The van der Waals surface area contributed by atoms with E-state index in [-0.39, 0.29) is 22.1 Å². The number of ether oxygens (including phenoxy) is 1. The first-order valence-electron chi connectivity index (χ1n) is 8.14. The van der Waals surface area contributed by atoms with Gasteiger partial charge in [0.25, 0.3) is 10.0 Å². The van der Waals surface area contributed by atoms with E-state index in [2.05, 4.69) is 4.72 Å². The highest BCUT2D eigenvalue weighted by molar-refractivity contribution is 7.93. The van der Waals surface area contributed by atoms with Gasteiger partial charge in [0.05, 0.1) is 11.5 Å². The number of halogens is 2. The summed E-state index contributed by atoms with van der Waals surface area (Å²) in [6.07, 6.45) is 0. The SMILES string of the molecule is CCOC(=O)c1c(-c2ccc(Cl)cc2)csc1NS(=O)(=O)c1ccc(Cl)cc1. The number of benzene rings is 2. The molecule has 0 aliphatic rings. The fourth-order valence-electron chi connectivity index (χ4n) is 2.48. The van der Waals surface area contributed by atoms with Crippen LogP contribution in [0.15, 0.2) is 58.8 Å². The molecule has 3 aromatic rings. The molecule has 0 atom stereocenters. The zero-order chi connectivity index (χ0) is 20.3. The molecule has 0 bridgehead atoms. The summed E-state index contributed by atoms with van der Waals surface area (Å²) in [6, 6.07) is 12.6. The van der Waals surface area contributed by atoms with Crippen molar-refractivity contribution in [2.24, 2.45) is 0 Å². The van der Waals surface area contributed by atoms with Crippen LogP contribution in [0.4, 0.5) is 5.00 Å². The third-order valence-corrected chi connectivity index (χ3v) is 6.67. The van der Waals surface area contributed by atoms with E-state index in [1.165, 1.54) is 24.3 Å². The maximum atomic E-state index is 12.7. The molecule has 0 fully saturated rings. The van der Waals surface area contributed by atoms with Gasteiger partial charge in [0.1, 0.15) is 10.6 Å². The zero-order valence-electron chi connectivity index (χ0n) is 14.6. The van der Waals surface area contributed by atoms with E-state index in [4.69, 9.17) is 27.9 Å². The molecule has 28 heavy (non-hydrogen) atoms. The van der Waals surface area contributed by atoms with E-state index >= 15 is 0 Å². The fourth-order valence-corrected chi connectivity index (χ4v) is 5.01. The molecule has 0 radical (unpaired) electrons. The zero-order valence-corrected chi connectivity index (χ0v) is 17.8. The van der Waals surface area contributed by atoms with Gasteiger partial charge in [0, 0.05) is 21.0 Å². The lowest BCUT2D eigenvalue weighted by Gasteiger charge is -2.10. The minimum atomic E-state index is -3.90. The third kappa shape index (κ3) is 4.50. The average molecular weight is 456 g/mol. The van der Waals surface area contributed by atoms with Gasteiger partial charge >= 0.3 is 5.97 Å². The van der Waals surface area contributed by atoms with E-state index in [0.717, 1.165) is 16.9 Å². The second kappa shape index (κ2) is 8.53. The lowest BCUT2D eigenvalue weighted by molar-refractivity contribution is 0.0529. The maximum absolute atomic E-state index is 12.7. The molecule has 0 aliphatic heterocycles. The number of carbonyl (C=O) groups excluding carboxylic acids is 1. The molecule has 5 nitrogen and oxygen atoms in total. The molecule has 1 heterocycles. The number of hydrogen-bond donors (Lipinski definition) is 1. The molecule has 2 aromatic carbocycles. The van der Waals surface area contributed by atoms with Crippen LogP contribution in [-0.2, 0) is 14.8 Å². The standard InChI is InChI=1S/C19H15Cl2NO4S2/c1-2-26-19(23)17-16(12-3-5-13(20)6-4-12)11-27-18(17)22-28(24,25)15-9-7-14(21)8-10-15/h3-11,22H,2H2,1H3. The van der Waals surface area contributed by atoms with Gasteiger partial charge in [0.15, 0.2) is 0 Å². The van der Waals surface area contributed by atoms with E-state index in [0.29, 0.717) is 15.6 Å². The van der Waals surface area contributed by atoms with Crippen LogP contribution in [0.5, 0.6) is 0 Å². The minimum Gasteiger partial charge on any atom is -0.462 e. The Morgan fingerprint density at radius 1 is 1.04 bits per heavy atom. The molecular formula is C19H15Cl2NO4S2. The van der Waals surface area contributed by atoms with Gasteiger partial charge in [-0.15, -0.1) is 11.3 Å². The van der Waals surface area contributed by atoms with Crippen molar-refractivity contribution in [3.8, 4) is 11.1 Å². The van der Waals surface area contributed by atoms with Gasteiger partial charge in [-0.25, -0.2) is 13.2 Å². The summed E-state index contributed by atoms with van der Waals surface area (Å²) in [5.74, 6) is -0.609. The van der Waals surface area contributed by atoms with Gasteiger partial charge in [-0.3, -0.25) is 4.72 Å². The molecule has 0 saturated heterocycles. The van der Waals surface area contributed by atoms with Crippen molar-refractivity contribution in [1.82, 2.24) is 0 Å². The Balaban J connectivity index is 2.04. The van der Waals surface area contributed by atoms with E-state index in [9.17, 15) is 13.2 Å². The summed E-state index contributed by atoms with van der Waals surface area (Å²) < 4.78 is 33.1. The average Bonchev–Trinajstić information content (AvgIpc) is 3.06. The Kier molecular flexibility index (Phi) is 6.30. The van der Waals surface area contributed by atoms with Crippen LogP contribution in [0, 0.1) is 0 Å². The van der Waals surface area contributed by atoms with Crippen molar-refractivity contribution in [2.75, 3.05) is 11.3 Å². The fraction of sp³-hybridized carbons (Fsp3) is 0.105. The molecule has 0 amide bonds. The summed E-state index contributed by atoms with van der Waals surface area (Å²) in [5, 5.41) is 2.86. The molecule has 0 saturated carbocycles. The Bertz CT molecular complexity index is 1090. The monoisotopic (exact) mass is 455 g/mol. The molecule has 0 aliphatic carbocycles. The molecular weight excluding hydrogens is 441 g/mol. The van der Waals surface area contributed by atoms with E-state index < -0.39 is 16.0 Å². The van der Waals surface area contributed by atoms with Gasteiger partial charge < -0.3 is 4.74 Å². The summed E-state index contributed by atoms with van der Waals surface area (Å²) in [6.45, 7) is 1.85. The Morgan fingerprint density at radius 2 is 1.61 bits per heavy atom. The Morgan fingerprint density at radius 3 is 2.18 bits per heavy atom. The summed E-state index contributed by atoms with van der Waals surface area (Å²) in [7, 11) is -3.90. The highest BCUT2D eigenvalue weighted by Gasteiger charge is 2.25. The predicted molar refractivity (Wildman–Crippen MR) is 113 cm³/mol. The van der Waals surface area contributed by atoms with Gasteiger partial charge in [-0.2, -0.15) is 0 Å². The summed E-state index contributed by atoms with van der Waals surface area (Å²) in [5.41, 5.74) is 1.45. The second-order valence-corrected chi connectivity index (χ2v) is 9.08. The molecule has 146 valence electrons. The highest BCUT2D eigenvalue weighted by Crippen LogP contribution is 2.37. The molecule has 1 N–H and O–H groups in total. The minimum absolute atomic E-state index is 0.0353. The van der Waals surface area contributed by atoms with Crippen LogP contribution in [0.25, 0.3) is 11.1 Å². The topological polar surface area (TPSA) is 72.5 Å². The number of esters is 1. The van der Waals surface area contributed by atoms with Crippen LogP contribution < -0.4 is 4.72 Å². The van der Waals surface area contributed by atoms with Crippen molar-refractivity contribution in [3.63, 3.8) is 0 Å². The van der Waals surface area contributed by atoms with Crippen molar-refractivity contribution in [1.29, 1.82) is 0 Å². The van der Waals surface area contributed by atoms with Crippen LogP contribution in [0.1, 0.15) is 17.3 Å². The van der Waals surface area contributed by atoms with Crippen LogP contribution >= 0.6 is 34.5 Å². The third-order valence-electron chi connectivity index (χ3n) is 3.78. The predicted octanol–water partition coefficient (Wildman–Crippen LogP) is 5.70. The number of hydrogen-bond acceptors (Lipinski definition) is 5. The molecule has 9 heteroatoms. The second-order valence-electron chi connectivity index (χ2n) is 5.64. The highest BCUT2D eigenvalue weighted by atomic mass is 35.5. The number of nitrogens with one attached hydrogen (secondary N) is 1. The van der Waals surface area contributed by atoms with Crippen LogP contribution in [0.2, 0.25) is 10.0 Å². The molecule has 0 unspecified atom stereocenters. The van der Waals surface area contributed by atoms with Crippen molar-refractivity contribution >= 4 is 55.5 Å². The number of sulfonamides is 1. The van der Waals surface area contributed by atoms with Crippen molar-refractivity contribution in [3.05, 3.63) is 69.5 Å². The number of carbonyl (C=O) groups is 1. The Hall–Kier alpha value is -2.06. The first-order valence-corrected chi connectivity index (χ1v) is 11.3. The van der Waals surface area contributed by atoms with E-state index in [1.54, 1.807) is 36.6 Å². The van der Waals surface area contributed by atoms with Crippen molar-refractivity contribution in [2.45, 2.75) is 11.8 Å². The first-order chi connectivity index (χ1) is 13.3. The first kappa shape index (κ1) is 20.7. The Labute approximate surface area is 176 Å². The largest absolute Gasteiger partial charge is 0.462 e. The molecule has 3 rings (SSSR count). The normalized spacial score (nSPS) is 11.2. The molecule has 1 aromatic heterocycles. The van der Waals surface area contributed by atoms with E-state index in [1.807, 2.05) is 0 Å². The summed E-state index contributed by atoms with van der Waals surface area (Å²) in [4.78, 5) is 12.6. The number of thiophene rings is 1. The van der Waals surface area contributed by atoms with Crippen LogP contribution in [-0.4, -0.2) is 21.0 Å². The van der Waals surface area contributed by atoms with Gasteiger partial charge in [-0.05, 0) is 48.9 Å². The number of rotatable bonds is 6. The lowest BCUT2D eigenvalue weighted by Crippen LogP contribution is -2.15. The van der Waals surface area contributed by atoms with Gasteiger partial charge in [0.2, 0.25) is 0 Å². The summed E-state index contributed by atoms with van der Waals surface area (Å²) >= 11 is 12.9.